The van der Waals surface area contributed by atoms with Crippen molar-refractivity contribution >= 4 is 5.78 Å². The van der Waals surface area contributed by atoms with E-state index in [2.05, 4.69) is 0 Å². The Hall–Kier alpha value is -0.540. The second-order valence-corrected chi connectivity index (χ2v) is 5.46. The van der Waals surface area contributed by atoms with Gasteiger partial charge in [-0.1, -0.05) is 27.7 Å². The maximum absolute atomic E-state index is 11.9. The first kappa shape index (κ1) is 12.5. The van der Waals surface area contributed by atoms with Gasteiger partial charge in [0.1, 0.15) is 5.78 Å². The van der Waals surface area contributed by atoms with Crippen LogP contribution in [-0.2, 0) is 4.79 Å². The first-order valence-electron chi connectivity index (χ1n) is 5.09. The SMILES string of the molecule is CC1(C)C(C(=O)CCC(F)(F)F)C1(C)C. The fourth-order valence-corrected chi connectivity index (χ4v) is 2.41. The van der Waals surface area contributed by atoms with Crippen LogP contribution in [0.4, 0.5) is 13.2 Å². The maximum atomic E-state index is 11.9. The summed E-state index contributed by atoms with van der Waals surface area (Å²) in [5.41, 5.74) is -0.314. The molecule has 4 heteroatoms. The third-order valence-corrected chi connectivity index (χ3v) is 4.00. The van der Waals surface area contributed by atoms with Crippen molar-refractivity contribution in [2.24, 2.45) is 16.7 Å². The Morgan fingerprint density at radius 3 is 1.80 bits per heavy atom. The van der Waals surface area contributed by atoms with Crippen LogP contribution < -0.4 is 0 Å². The van der Waals surface area contributed by atoms with Crippen molar-refractivity contribution in [2.75, 3.05) is 0 Å². The number of carbonyl (C=O) groups is 1. The molecule has 1 fully saturated rings. The second-order valence-electron chi connectivity index (χ2n) is 5.46. The summed E-state index contributed by atoms with van der Waals surface area (Å²) in [6, 6.07) is 0. The van der Waals surface area contributed by atoms with Crippen LogP contribution >= 0.6 is 0 Å². The van der Waals surface area contributed by atoms with Crippen molar-refractivity contribution in [1.29, 1.82) is 0 Å². The van der Waals surface area contributed by atoms with Crippen molar-refractivity contribution in [3.8, 4) is 0 Å². The summed E-state index contributed by atoms with van der Waals surface area (Å²) in [6.07, 6.45) is -5.59. The number of ketones is 1. The van der Waals surface area contributed by atoms with E-state index in [1.54, 1.807) is 0 Å². The number of carbonyl (C=O) groups excluding carboxylic acids is 1. The molecular formula is C11H17F3O. The van der Waals surface area contributed by atoms with Gasteiger partial charge in [-0.25, -0.2) is 0 Å². The van der Waals surface area contributed by atoms with Crippen molar-refractivity contribution in [2.45, 2.75) is 46.7 Å². The number of rotatable bonds is 3. The smallest absolute Gasteiger partial charge is 0.299 e. The molecule has 88 valence electrons. The Bertz CT molecular complexity index is 262. The molecule has 1 aliphatic carbocycles. The monoisotopic (exact) mass is 222 g/mol. The van der Waals surface area contributed by atoms with Crippen LogP contribution in [0.3, 0.4) is 0 Å². The molecule has 0 aromatic heterocycles. The van der Waals surface area contributed by atoms with Crippen LogP contribution in [0.1, 0.15) is 40.5 Å². The van der Waals surface area contributed by atoms with Crippen molar-refractivity contribution < 1.29 is 18.0 Å². The quantitative estimate of drug-likeness (QED) is 0.713. The first-order valence-corrected chi connectivity index (χ1v) is 5.09. The number of Topliss-reactive ketones (excluding diaryl/α,β-unsaturated/α-hetero) is 1. The van der Waals surface area contributed by atoms with Crippen LogP contribution in [0.25, 0.3) is 0 Å². The average Bonchev–Trinajstić information content (AvgIpc) is 2.37. The normalized spacial score (nSPS) is 23.9. The second kappa shape index (κ2) is 3.22. The highest BCUT2D eigenvalue weighted by molar-refractivity contribution is 5.86. The van der Waals surface area contributed by atoms with Gasteiger partial charge < -0.3 is 0 Å². The molecule has 0 heterocycles. The lowest BCUT2D eigenvalue weighted by atomic mass is 10.0. The highest BCUT2D eigenvalue weighted by Gasteiger charge is 2.67. The Morgan fingerprint density at radius 2 is 1.53 bits per heavy atom. The zero-order valence-electron chi connectivity index (χ0n) is 9.53. The van der Waals surface area contributed by atoms with E-state index >= 15 is 0 Å². The predicted octanol–water partition coefficient (Wildman–Crippen LogP) is 3.58. The van der Waals surface area contributed by atoms with Gasteiger partial charge in [-0.05, 0) is 10.8 Å². The van der Waals surface area contributed by atoms with E-state index in [0.29, 0.717) is 0 Å². The maximum Gasteiger partial charge on any atom is 0.389 e. The van der Waals surface area contributed by atoms with Crippen molar-refractivity contribution in [3.63, 3.8) is 0 Å². The topological polar surface area (TPSA) is 17.1 Å². The molecule has 0 N–H and O–H groups in total. The fourth-order valence-electron chi connectivity index (χ4n) is 2.41. The fraction of sp³-hybridized carbons (Fsp3) is 0.909. The molecule has 0 aromatic carbocycles. The lowest BCUT2D eigenvalue weighted by molar-refractivity contribution is -0.144. The Morgan fingerprint density at radius 1 is 1.13 bits per heavy atom. The lowest BCUT2D eigenvalue weighted by Gasteiger charge is -2.05. The molecule has 0 atom stereocenters. The van der Waals surface area contributed by atoms with E-state index in [1.807, 2.05) is 27.7 Å². The molecule has 1 nitrogen and oxygen atoms in total. The minimum atomic E-state index is -4.22. The van der Waals surface area contributed by atoms with Gasteiger partial charge in [0.05, 0.1) is 6.42 Å². The third-order valence-electron chi connectivity index (χ3n) is 4.00. The minimum absolute atomic E-state index is 0.157. The molecule has 0 unspecified atom stereocenters. The van der Waals surface area contributed by atoms with Crippen LogP contribution in [0.15, 0.2) is 0 Å². The summed E-state index contributed by atoms with van der Waals surface area (Å²) in [5.74, 6) is -0.463. The van der Waals surface area contributed by atoms with Crippen LogP contribution in [-0.4, -0.2) is 12.0 Å². The molecule has 1 rings (SSSR count). The zero-order valence-corrected chi connectivity index (χ0v) is 9.53. The summed E-state index contributed by atoms with van der Waals surface area (Å²) in [4.78, 5) is 11.6. The van der Waals surface area contributed by atoms with Crippen LogP contribution in [0, 0.1) is 16.7 Å². The molecule has 0 amide bonds. The zero-order chi connectivity index (χ0) is 12.1. The third kappa shape index (κ3) is 2.18. The van der Waals surface area contributed by atoms with E-state index in [1.165, 1.54) is 0 Å². The van der Waals surface area contributed by atoms with Crippen molar-refractivity contribution in [3.05, 3.63) is 0 Å². The van der Waals surface area contributed by atoms with Gasteiger partial charge in [-0.2, -0.15) is 13.2 Å². The summed E-state index contributed by atoms with van der Waals surface area (Å²) < 4.78 is 35.8. The van der Waals surface area contributed by atoms with E-state index < -0.39 is 12.6 Å². The van der Waals surface area contributed by atoms with Gasteiger partial charge in [0.25, 0.3) is 0 Å². The van der Waals surface area contributed by atoms with Gasteiger partial charge in [0, 0.05) is 12.3 Å². The standard InChI is InChI=1S/C11H17F3O/c1-9(2)8(10(9,3)4)7(15)5-6-11(12,13)14/h8H,5-6H2,1-4H3. The first-order chi connectivity index (χ1) is 6.50. The van der Waals surface area contributed by atoms with Gasteiger partial charge in [-0.3, -0.25) is 4.79 Å². The van der Waals surface area contributed by atoms with Crippen LogP contribution in [0.2, 0.25) is 0 Å². The molecule has 0 aliphatic heterocycles. The molecule has 0 bridgehead atoms. The molecule has 0 radical (unpaired) electrons. The van der Waals surface area contributed by atoms with E-state index in [-0.39, 0.29) is 29.0 Å². The average molecular weight is 222 g/mol. The largest absolute Gasteiger partial charge is 0.389 e. The summed E-state index contributed by atoms with van der Waals surface area (Å²) >= 11 is 0. The summed E-state index contributed by atoms with van der Waals surface area (Å²) in [7, 11) is 0. The van der Waals surface area contributed by atoms with E-state index in [0.717, 1.165) is 0 Å². The Labute approximate surface area is 88.0 Å². The van der Waals surface area contributed by atoms with Gasteiger partial charge in [0.2, 0.25) is 0 Å². The molecule has 0 aromatic rings. The summed E-state index contributed by atoms with van der Waals surface area (Å²) in [5, 5.41) is 0. The van der Waals surface area contributed by atoms with Gasteiger partial charge in [0.15, 0.2) is 0 Å². The minimum Gasteiger partial charge on any atom is -0.299 e. The number of hydrogen-bond acceptors (Lipinski definition) is 1. The Kier molecular flexibility index (Phi) is 2.69. The summed E-state index contributed by atoms with van der Waals surface area (Å²) in [6.45, 7) is 7.73. The van der Waals surface area contributed by atoms with Gasteiger partial charge in [-0.15, -0.1) is 0 Å². The molecule has 0 spiro atoms. The molecular weight excluding hydrogens is 205 g/mol. The highest BCUT2D eigenvalue weighted by Crippen LogP contribution is 2.68. The number of hydrogen-bond donors (Lipinski definition) is 0. The van der Waals surface area contributed by atoms with Crippen molar-refractivity contribution in [1.82, 2.24) is 0 Å². The predicted molar refractivity (Wildman–Crippen MR) is 51.3 cm³/mol. The molecule has 1 aliphatic rings. The highest BCUT2D eigenvalue weighted by atomic mass is 19.4. The van der Waals surface area contributed by atoms with E-state index in [9.17, 15) is 18.0 Å². The van der Waals surface area contributed by atoms with Gasteiger partial charge >= 0.3 is 6.18 Å². The lowest BCUT2D eigenvalue weighted by Crippen LogP contribution is -2.14. The van der Waals surface area contributed by atoms with E-state index in [4.69, 9.17) is 0 Å². The molecule has 15 heavy (non-hydrogen) atoms. The Balaban J connectivity index is 2.52. The van der Waals surface area contributed by atoms with Crippen LogP contribution in [0.5, 0.6) is 0 Å². The molecule has 1 saturated carbocycles. The number of halogens is 3. The molecule has 0 saturated heterocycles. The number of alkyl halides is 3.